The number of pyridine rings is 1. The average molecular weight is 377 g/mol. The van der Waals surface area contributed by atoms with Crippen LogP contribution in [-0.4, -0.2) is 18.2 Å². The van der Waals surface area contributed by atoms with Crippen LogP contribution in [0.25, 0.3) is 10.1 Å². The molecule has 2 aromatic heterocycles. The molecule has 1 aliphatic heterocycles. The van der Waals surface area contributed by atoms with Crippen molar-refractivity contribution < 1.29 is 9.47 Å². The van der Waals surface area contributed by atoms with E-state index < -0.39 is 0 Å². The summed E-state index contributed by atoms with van der Waals surface area (Å²) in [6.07, 6.45) is 1.83. The number of halogens is 1. The van der Waals surface area contributed by atoms with Crippen molar-refractivity contribution in [3.05, 3.63) is 45.9 Å². The van der Waals surface area contributed by atoms with Gasteiger partial charge >= 0.3 is 0 Å². The average Bonchev–Trinajstić information content (AvgIpc) is 2.95. The van der Waals surface area contributed by atoms with Crippen molar-refractivity contribution in [1.29, 1.82) is 0 Å². The molecule has 0 spiro atoms. The van der Waals surface area contributed by atoms with Crippen molar-refractivity contribution in [1.82, 2.24) is 4.98 Å². The second kappa shape index (κ2) is 5.78. The van der Waals surface area contributed by atoms with Gasteiger partial charge in [-0.25, -0.2) is 4.98 Å². The number of hydrogen-bond donors (Lipinski definition) is 1. The van der Waals surface area contributed by atoms with Crippen LogP contribution in [0.5, 0.6) is 11.5 Å². The molecule has 0 fully saturated rings. The monoisotopic (exact) mass is 376 g/mol. The third-order valence-electron chi connectivity index (χ3n) is 3.51. The molecule has 1 aromatic carbocycles. The standard InChI is InChI=1S/C16H13BrN2O2S/c17-11-9-22-14-3-4-18-16(15(11)14)19-8-10-1-2-12-13(7-10)21-6-5-20-12/h1-4,7,9H,5-6,8H2,(H,18,19). The molecule has 0 amide bonds. The summed E-state index contributed by atoms with van der Waals surface area (Å²) in [5.74, 6) is 2.52. The minimum Gasteiger partial charge on any atom is -0.486 e. The summed E-state index contributed by atoms with van der Waals surface area (Å²) in [5, 5.41) is 6.62. The summed E-state index contributed by atoms with van der Waals surface area (Å²) < 4.78 is 13.4. The SMILES string of the molecule is Brc1csc2ccnc(NCc3ccc4c(c3)OCCO4)c12. The van der Waals surface area contributed by atoms with E-state index in [1.807, 2.05) is 30.5 Å². The van der Waals surface area contributed by atoms with Gasteiger partial charge in [-0.05, 0) is 39.7 Å². The first-order valence-corrected chi connectivity index (χ1v) is 8.62. The lowest BCUT2D eigenvalue weighted by Gasteiger charge is -2.19. The summed E-state index contributed by atoms with van der Waals surface area (Å²) in [6.45, 7) is 1.90. The van der Waals surface area contributed by atoms with Crippen molar-refractivity contribution >= 4 is 43.2 Å². The van der Waals surface area contributed by atoms with Gasteiger partial charge in [-0.15, -0.1) is 11.3 Å². The van der Waals surface area contributed by atoms with Crippen LogP contribution < -0.4 is 14.8 Å². The van der Waals surface area contributed by atoms with E-state index in [0.29, 0.717) is 19.8 Å². The highest BCUT2D eigenvalue weighted by molar-refractivity contribution is 9.10. The molecule has 0 saturated heterocycles. The van der Waals surface area contributed by atoms with Crippen LogP contribution in [0.2, 0.25) is 0 Å². The smallest absolute Gasteiger partial charge is 0.161 e. The Hall–Kier alpha value is -1.79. The van der Waals surface area contributed by atoms with Crippen LogP contribution >= 0.6 is 27.3 Å². The zero-order valence-electron chi connectivity index (χ0n) is 11.6. The quantitative estimate of drug-likeness (QED) is 0.733. The maximum Gasteiger partial charge on any atom is 0.161 e. The summed E-state index contributed by atoms with van der Waals surface area (Å²) in [6, 6.07) is 8.05. The third-order valence-corrected chi connectivity index (χ3v) is 5.38. The number of fused-ring (bicyclic) bond motifs is 2. The van der Waals surface area contributed by atoms with Gasteiger partial charge in [0.25, 0.3) is 0 Å². The van der Waals surface area contributed by atoms with E-state index in [2.05, 4.69) is 31.6 Å². The molecule has 3 aromatic rings. The minimum absolute atomic E-state index is 0.604. The Labute approximate surface area is 140 Å². The zero-order chi connectivity index (χ0) is 14.9. The van der Waals surface area contributed by atoms with Crippen LogP contribution in [0.1, 0.15) is 5.56 Å². The van der Waals surface area contributed by atoms with Crippen molar-refractivity contribution in [2.75, 3.05) is 18.5 Å². The molecule has 0 radical (unpaired) electrons. The first kappa shape index (κ1) is 13.8. The fourth-order valence-electron chi connectivity index (χ4n) is 2.46. The highest BCUT2D eigenvalue weighted by Gasteiger charge is 2.12. The molecular weight excluding hydrogens is 364 g/mol. The van der Waals surface area contributed by atoms with Crippen molar-refractivity contribution in [2.24, 2.45) is 0 Å². The second-order valence-electron chi connectivity index (χ2n) is 4.95. The molecule has 0 saturated carbocycles. The number of nitrogens with one attached hydrogen (secondary N) is 1. The summed E-state index contributed by atoms with van der Waals surface area (Å²) >= 11 is 5.29. The molecule has 3 heterocycles. The lowest BCUT2D eigenvalue weighted by atomic mass is 10.2. The molecule has 0 bridgehead atoms. The molecule has 0 atom stereocenters. The lowest BCUT2D eigenvalue weighted by molar-refractivity contribution is 0.171. The van der Waals surface area contributed by atoms with E-state index in [-0.39, 0.29) is 0 Å². The van der Waals surface area contributed by atoms with Crippen LogP contribution in [-0.2, 0) is 6.54 Å². The predicted octanol–water partition coefficient (Wildman–Crippen LogP) is 4.44. The second-order valence-corrected chi connectivity index (χ2v) is 6.71. The van der Waals surface area contributed by atoms with Crippen molar-refractivity contribution in [2.45, 2.75) is 6.54 Å². The van der Waals surface area contributed by atoms with E-state index in [1.165, 1.54) is 4.70 Å². The number of nitrogens with zero attached hydrogens (tertiary/aromatic N) is 1. The predicted molar refractivity (Wildman–Crippen MR) is 92.1 cm³/mol. The molecule has 4 rings (SSSR count). The Bertz CT molecular complexity index is 834. The first-order valence-electron chi connectivity index (χ1n) is 6.95. The molecule has 22 heavy (non-hydrogen) atoms. The fourth-order valence-corrected chi connectivity index (χ4v) is 4.09. The Balaban J connectivity index is 1.58. The lowest BCUT2D eigenvalue weighted by Crippen LogP contribution is -2.15. The Morgan fingerprint density at radius 3 is 2.95 bits per heavy atom. The summed E-state index contributed by atoms with van der Waals surface area (Å²) in [4.78, 5) is 4.45. The fraction of sp³-hybridized carbons (Fsp3) is 0.188. The van der Waals surface area contributed by atoms with E-state index >= 15 is 0 Å². The van der Waals surface area contributed by atoms with E-state index in [9.17, 15) is 0 Å². The first-order chi connectivity index (χ1) is 10.8. The van der Waals surface area contributed by atoms with E-state index in [4.69, 9.17) is 9.47 Å². The third kappa shape index (κ3) is 2.53. The number of thiophene rings is 1. The maximum absolute atomic E-state index is 5.62. The van der Waals surface area contributed by atoms with Gasteiger partial charge in [0.15, 0.2) is 11.5 Å². The largest absolute Gasteiger partial charge is 0.486 e. The van der Waals surface area contributed by atoms with Gasteiger partial charge in [-0.3, -0.25) is 0 Å². The number of rotatable bonds is 3. The molecular formula is C16H13BrN2O2S. The number of benzene rings is 1. The van der Waals surface area contributed by atoms with Crippen LogP contribution in [0.15, 0.2) is 40.3 Å². The number of hydrogen-bond acceptors (Lipinski definition) is 5. The van der Waals surface area contributed by atoms with Gasteiger partial charge in [0.1, 0.15) is 19.0 Å². The minimum atomic E-state index is 0.604. The van der Waals surface area contributed by atoms with Gasteiger partial charge in [-0.2, -0.15) is 0 Å². The molecule has 6 heteroatoms. The molecule has 0 aliphatic carbocycles. The molecule has 1 N–H and O–H groups in total. The number of ether oxygens (including phenoxy) is 2. The van der Waals surface area contributed by atoms with E-state index in [0.717, 1.165) is 32.7 Å². The molecule has 4 nitrogen and oxygen atoms in total. The van der Waals surface area contributed by atoms with E-state index in [1.54, 1.807) is 11.3 Å². The van der Waals surface area contributed by atoms with Crippen molar-refractivity contribution in [3.63, 3.8) is 0 Å². The zero-order valence-corrected chi connectivity index (χ0v) is 14.0. The van der Waals surface area contributed by atoms with Crippen LogP contribution in [0.3, 0.4) is 0 Å². The van der Waals surface area contributed by atoms with Crippen LogP contribution in [0.4, 0.5) is 5.82 Å². The highest BCUT2D eigenvalue weighted by atomic mass is 79.9. The van der Waals surface area contributed by atoms with Crippen LogP contribution in [0, 0.1) is 0 Å². The molecule has 112 valence electrons. The number of anilines is 1. The summed E-state index contributed by atoms with van der Waals surface area (Å²) in [7, 11) is 0. The Kier molecular flexibility index (Phi) is 3.63. The van der Waals surface area contributed by atoms with Gasteiger partial charge in [0.05, 0.1) is 0 Å². The maximum atomic E-state index is 5.62. The Morgan fingerprint density at radius 1 is 1.18 bits per heavy atom. The van der Waals surface area contributed by atoms with Gasteiger partial charge in [0, 0.05) is 32.7 Å². The highest BCUT2D eigenvalue weighted by Crippen LogP contribution is 2.35. The van der Waals surface area contributed by atoms with Crippen molar-refractivity contribution in [3.8, 4) is 11.5 Å². The molecule has 1 aliphatic rings. The molecule has 0 unspecified atom stereocenters. The van der Waals surface area contributed by atoms with Gasteiger partial charge < -0.3 is 14.8 Å². The summed E-state index contributed by atoms with van der Waals surface area (Å²) in [5.41, 5.74) is 1.13. The topological polar surface area (TPSA) is 43.4 Å². The number of aromatic nitrogens is 1. The van der Waals surface area contributed by atoms with Gasteiger partial charge in [-0.1, -0.05) is 6.07 Å². The Morgan fingerprint density at radius 2 is 2.05 bits per heavy atom. The van der Waals surface area contributed by atoms with Gasteiger partial charge in [0.2, 0.25) is 0 Å². The normalized spacial score (nSPS) is 13.3.